The first kappa shape index (κ1) is 13.4. The molecule has 98 valence electrons. The first-order valence-corrected chi connectivity index (χ1v) is 5.90. The van der Waals surface area contributed by atoms with Crippen molar-refractivity contribution in [3.8, 4) is 0 Å². The maximum absolute atomic E-state index is 13.4. The SMILES string of the molecule is Nc1ccc(F)c(C(=O)OCc2cccc(Cl)c2)c1. The second-order valence-electron chi connectivity index (χ2n) is 3.95. The van der Waals surface area contributed by atoms with Gasteiger partial charge in [-0.15, -0.1) is 0 Å². The van der Waals surface area contributed by atoms with Gasteiger partial charge in [-0.05, 0) is 35.9 Å². The normalized spacial score (nSPS) is 10.2. The molecule has 2 N–H and O–H groups in total. The molecule has 0 aliphatic rings. The summed E-state index contributed by atoms with van der Waals surface area (Å²) in [6.45, 7) is 0.0215. The number of benzene rings is 2. The van der Waals surface area contributed by atoms with Gasteiger partial charge in [0.05, 0.1) is 5.56 Å². The second kappa shape index (κ2) is 5.71. The van der Waals surface area contributed by atoms with Gasteiger partial charge >= 0.3 is 5.97 Å². The van der Waals surface area contributed by atoms with E-state index in [0.717, 1.165) is 11.6 Å². The highest BCUT2D eigenvalue weighted by Gasteiger charge is 2.13. The van der Waals surface area contributed by atoms with Crippen LogP contribution < -0.4 is 5.73 Å². The average molecular weight is 280 g/mol. The van der Waals surface area contributed by atoms with Crippen molar-refractivity contribution >= 4 is 23.3 Å². The van der Waals surface area contributed by atoms with Crippen LogP contribution in [0, 0.1) is 5.82 Å². The van der Waals surface area contributed by atoms with Gasteiger partial charge in [0, 0.05) is 10.7 Å². The number of carbonyl (C=O) groups excluding carboxylic acids is 1. The summed E-state index contributed by atoms with van der Waals surface area (Å²) < 4.78 is 18.4. The van der Waals surface area contributed by atoms with E-state index in [4.69, 9.17) is 22.1 Å². The molecule has 0 aliphatic heterocycles. The largest absolute Gasteiger partial charge is 0.457 e. The van der Waals surface area contributed by atoms with Crippen LogP contribution in [0.4, 0.5) is 10.1 Å². The highest BCUT2D eigenvalue weighted by molar-refractivity contribution is 6.30. The fourth-order valence-corrected chi connectivity index (χ4v) is 1.77. The topological polar surface area (TPSA) is 52.3 Å². The molecule has 2 aromatic carbocycles. The lowest BCUT2D eigenvalue weighted by Gasteiger charge is -2.06. The van der Waals surface area contributed by atoms with Gasteiger partial charge < -0.3 is 10.5 Å². The summed E-state index contributed by atoms with van der Waals surface area (Å²) >= 11 is 5.81. The lowest BCUT2D eigenvalue weighted by Crippen LogP contribution is -2.08. The third-order valence-electron chi connectivity index (χ3n) is 2.47. The summed E-state index contributed by atoms with van der Waals surface area (Å²) in [7, 11) is 0. The number of hydrogen-bond acceptors (Lipinski definition) is 3. The molecule has 0 fully saturated rings. The number of nitrogen functional groups attached to an aromatic ring is 1. The number of halogens is 2. The van der Waals surface area contributed by atoms with Crippen molar-refractivity contribution in [2.75, 3.05) is 5.73 Å². The number of carbonyl (C=O) groups is 1. The maximum atomic E-state index is 13.4. The molecular formula is C14H11ClFNO2. The van der Waals surface area contributed by atoms with Crippen molar-refractivity contribution in [1.29, 1.82) is 0 Å². The van der Waals surface area contributed by atoms with Crippen LogP contribution in [0.15, 0.2) is 42.5 Å². The summed E-state index contributed by atoms with van der Waals surface area (Å²) in [5, 5.41) is 0.545. The number of esters is 1. The van der Waals surface area contributed by atoms with Crippen molar-refractivity contribution in [3.63, 3.8) is 0 Å². The lowest BCUT2D eigenvalue weighted by molar-refractivity contribution is 0.0467. The van der Waals surface area contributed by atoms with Crippen LogP contribution in [0.2, 0.25) is 5.02 Å². The van der Waals surface area contributed by atoms with Gasteiger partial charge in [0.1, 0.15) is 12.4 Å². The fourth-order valence-electron chi connectivity index (χ4n) is 1.55. The molecule has 0 spiro atoms. The van der Waals surface area contributed by atoms with Crippen molar-refractivity contribution in [3.05, 3.63) is 64.4 Å². The van der Waals surface area contributed by atoms with Gasteiger partial charge in [0.2, 0.25) is 0 Å². The van der Waals surface area contributed by atoms with Gasteiger partial charge in [-0.1, -0.05) is 23.7 Å². The second-order valence-corrected chi connectivity index (χ2v) is 4.38. The lowest BCUT2D eigenvalue weighted by atomic mass is 10.2. The summed E-state index contributed by atoms with van der Waals surface area (Å²) in [4.78, 5) is 11.7. The Hall–Kier alpha value is -2.07. The molecule has 0 unspecified atom stereocenters. The molecule has 3 nitrogen and oxygen atoms in total. The molecule has 0 bridgehead atoms. The monoisotopic (exact) mass is 279 g/mol. The van der Waals surface area contributed by atoms with Gasteiger partial charge in [-0.25, -0.2) is 9.18 Å². The highest BCUT2D eigenvalue weighted by Crippen LogP contribution is 2.15. The van der Waals surface area contributed by atoms with Crippen LogP contribution in [0.5, 0.6) is 0 Å². The number of hydrogen-bond donors (Lipinski definition) is 1. The van der Waals surface area contributed by atoms with Crippen LogP contribution in [0.25, 0.3) is 0 Å². The first-order chi connectivity index (χ1) is 9.06. The number of anilines is 1. The van der Waals surface area contributed by atoms with Crippen LogP contribution in [0.3, 0.4) is 0 Å². The molecule has 0 radical (unpaired) electrons. The smallest absolute Gasteiger partial charge is 0.341 e. The Kier molecular flexibility index (Phi) is 4.02. The van der Waals surface area contributed by atoms with E-state index in [1.807, 2.05) is 0 Å². The van der Waals surface area contributed by atoms with E-state index < -0.39 is 11.8 Å². The van der Waals surface area contributed by atoms with Crippen molar-refractivity contribution in [2.24, 2.45) is 0 Å². The Bertz CT molecular complexity index is 616. The minimum Gasteiger partial charge on any atom is -0.457 e. The van der Waals surface area contributed by atoms with Crippen LogP contribution in [0.1, 0.15) is 15.9 Å². The first-order valence-electron chi connectivity index (χ1n) is 5.53. The molecule has 19 heavy (non-hydrogen) atoms. The van der Waals surface area contributed by atoms with E-state index in [2.05, 4.69) is 0 Å². The average Bonchev–Trinajstić information content (AvgIpc) is 2.39. The molecule has 0 saturated carbocycles. The molecule has 0 saturated heterocycles. The zero-order valence-electron chi connectivity index (χ0n) is 9.90. The minimum absolute atomic E-state index is 0.0215. The van der Waals surface area contributed by atoms with Crippen LogP contribution in [-0.4, -0.2) is 5.97 Å². The Morgan fingerprint density at radius 3 is 2.79 bits per heavy atom. The van der Waals surface area contributed by atoms with Gasteiger partial charge in [-0.3, -0.25) is 0 Å². The Labute approximate surface area is 114 Å². The quantitative estimate of drug-likeness (QED) is 0.692. The third-order valence-corrected chi connectivity index (χ3v) is 2.70. The number of ether oxygens (including phenoxy) is 1. The predicted octanol–water partition coefficient (Wildman–Crippen LogP) is 3.42. The third kappa shape index (κ3) is 3.45. The van der Waals surface area contributed by atoms with Gasteiger partial charge in [-0.2, -0.15) is 0 Å². The number of nitrogens with two attached hydrogens (primary N) is 1. The molecule has 0 atom stereocenters. The van der Waals surface area contributed by atoms with Crippen LogP contribution in [-0.2, 0) is 11.3 Å². The molecule has 5 heteroatoms. The highest BCUT2D eigenvalue weighted by atomic mass is 35.5. The Morgan fingerprint density at radius 2 is 2.05 bits per heavy atom. The van der Waals surface area contributed by atoms with E-state index >= 15 is 0 Å². The number of rotatable bonds is 3. The molecule has 0 heterocycles. The van der Waals surface area contributed by atoms with E-state index in [1.165, 1.54) is 12.1 Å². The Morgan fingerprint density at radius 1 is 1.26 bits per heavy atom. The van der Waals surface area contributed by atoms with Crippen LogP contribution >= 0.6 is 11.6 Å². The van der Waals surface area contributed by atoms with Gasteiger partial charge in [0.15, 0.2) is 0 Å². The van der Waals surface area contributed by atoms with Gasteiger partial charge in [0.25, 0.3) is 0 Å². The standard InChI is InChI=1S/C14H11ClFNO2/c15-10-3-1-2-9(6-10)8-19-14(18)12-7-11(17)4-5-13(12)16/h1-7H,8,17H2. The van der Waals surface area contributed by atoms with E-state index in [9.17, 15) is 9.18 Å². The zero-order valence-corrected chi connectivity index (χ0v) is 10.7. The summed E-state index contributed by atoms with van der Waals surface area (Å²) in [6.07, 6.45) is 0. The predicted molar refractivity (Wildman–Crippen MR) is 71.4 cm³/mol. The van der Waals surface area contributed by atoms with Crippen molar-refractivity contribution < 1.29 is 13.9 Å². The molecule has 0 aromatic heterocycles. The summed E-state index contributed by atoms with van der Waals surface area (Å²) in [5.74, 6) is -1.42. The van der Waals surface area contributed by atoms with Crippen molar-refractivity contribution in [2.45, 2.75) is 6.61 Å². The fraction of sp³-hybridized carbons (Fsp3) is 0.0714. The van der Waals surface area contributed by atoms with E-state index in [1.54, 1.807) is 24.3 Å². The van der Waals surface area contributed by atoms with E-state index in [-0.39, 0.29) is 12.2 Å². The molecule has 2 aromatic rings. The Balaban J connectivity index is 2.07. The molecular weight excluding hydrogens is 269 g/mol. The minimum atomic E-state index is -0.759. The summed E-state index contributed by atoms with van der Waals surface area (Å²) in [6, 6.07) is 10.6. The molecule has 2 rings (SSSR count). The molecule has 0 aliphatic carbocycles. The summed E-state index contributed by atoms with van der Waals surface area (Å²) in [5.41, 5.74) is 6.35. The van der Waals surface area contributed by atoms with Crippen molar-refractivity contribution in [1.82, 2.24) is 0 Å². The maximum Gasteiger partial charge on any atom is 0.341 e. The van der Waals surface area contributed by atoms with E-state index in [0.29, 0.717) is 10.7 Å². The zero-order chi connectivity index (χ0) is 13.8. The molecule has 0 amide bonds.